The summed E-state index contributed by atoms with van der Waals surface area (Å²) in [5, 5.41) is 17.9. The van der Waals surface area contributed by atoms with E-state index in [0.717, 1.165) is 0 Å². The van der Waals surface area contributed by atoms with Crippen molar-refractivity contribution in [1.29, 1.82) is 0 Å². The maximum absolute atomic E-state index is 12.5. The molecule has 11 nitrogen and oxygen atoms in total. The number of rotatable bonds is 5. The summed E-state index contributed by atoms with van der Waals surface area (Å²) in [5.41, 5.74) is 2.17. The van der Waals surface area contributed by atoms with E-state index in [1.165, 1.54) is 23.4 Å². The van der Waals surface area contributed by atoms with Crippen molar-refractivity contribution in [3.63, 3.8) is 0 Å². The fraction of sp³-hybridized carbons (Fsp3) is 0.176. The molecule has 0 spiro atoms. The Morgan fingerprint density at radius 2 is 1.93 bits per heavy atom. The number of methoxy groups -OCH3 is 1. The van der Waals surface area contributed by atoms with Gasteiger partial charge in [-0.2, -0.15) is 15.3 Å². The number of carbonyl (C=O) groups excluding carboxylic acids is 1. The lowest BCUT2D eigenvalue weighted by Gasteiger charge is -2.17. The van der Waals surface area contributed by atoms with Gasteiger partial charge < -0.3 is 15.4 Å². The Balaban J connectivity index is 1.55. The highest BCUT2D eigenvalue weighted by Crippen LogP contribution is 2.25. The molecule has 148 valence electrons. The average Bonchev–Trinajstić information content (AvgIpc) is 3.39. The van der Waals surface area contributed by atoms with Gasteiger partial charge in [0.1, 0.15) is 0 Å². The van der Waals surface area contributed by atoms with Crippen molar-refractivity contribution in [2.45, 2.75) is 13.0 Å². The van der Waals surface area contributed by atoms with E-state index >= 15 is 0 Å². The number of ether oxygens (including phenoxy) is 1. The van der Waals surface area contributed by atoms with Crippen LogP contribution in [0.1, 0.15) is 18.7 Å². The molecule has 12 heteroatoms. The summed E-state index contributed by atoms with van der Waals surface area (Å²) >= 11 is 6.23. The first kappa shape index (κ1) is 18.8. The third-order valence-electron chi connectivity index (χ3n) is 4.13. The van der Waals surface area contributed by atoms with Crippen molar-refractivity contribution < 1.29 is 9.53 Å². The van der Waals surface area contributed by atoms with Gasteiger partial charge in [-0.1, -0.05) is 11.6 Å². The molecule has 2 N–H and O–H groups in total. The first-order valence-corrected chi connectivity index (χ1v) is 8.90. The third kappa shape index (κ3) is 3.73. The van der Waals surface area contributed by atoms with E-state index in [1.54, 1.807) is 36.2 Å². The Bertz CT molecular complexity index is 1160. The lowest BCUT2D eigenvalue weighted by Crippen LogP contribution is -2.22. The number of halogens is 1. The fourth-order valence-electron chi connectivity index (χ4n) is 2.75. The van der Waals surface area contributed by atoms with E-state index < -0.39 is 6.03 Å². The van der Waals surface area contributed by atoms with Crippen LogP contribution in [0.25, 0.3) is 11.5 Å². The Labute approximate surface area is 169 Å². The van der Waals surface area contributed by atoms with Crippen LogP contribution in [0.2, 0.25) is 5.02 Å². The van der Waals surface area contributed by atoms with E-state index in [1.807, 2.05) is 6.92 Å². The fourth-order valence-corrected chi connectivity index (χ4v) is 2.99. The molecule has 0 aromatic carbocycles. The number of amides is 2. The topological polar surface area (TPSA) is 124 Å². The third-order valence-corrected chi connectivity index (χ3v) is 4.41. The van der Waals surface area contributed by atoms with Crippen molar-refractivity contribution in [2.24, 2.45) is 0 Å². The number of carbonyl (C=O) groups is 1. The summed E-state index contributed by atoms with van der Waals surface area (Å²) in [6.07, 6.45) is 7.34. The molecular formula is C17H16ClN9O2. The first-order chi connectivity index (χ1) is 14.1. The predicted octanol–water partition coefficient (Wildman–Crippen LogP) is 2.71. The second-order valence-corrected chi connectivity index (χ2v) is 6.37. The van der Waals surface area contributed by atoms with Gasteiger partial charge in [0.25, 0.3) is 0 Å². The van der Waals surface area contributed by atoms with Crippen LogP contribution in [0.5, 0.6) is 0 Å². The highest BCUT2D eigenvalue weighted by Gasteiger charge is 2.18. The van der Waals surface area contributed by atoms with Crippen LogP contribution in [0.15, 0.2) is 43.1 Å². The molecule has 0 radical (unpaired) electrons. The number of fused-ring (bicyclic) bond motifs is 1. The van der Waals surface area contributed by atoms with Crippen molar-refractivity contribution in [1.82, 2.24) is 34.6 Å². The molecule has 0 fully saturated rings. The molecule has 0 aliphatic heterocycles. The summed E-state index contributed by atoms with van der Waals surface area (Å²) in [4.78, 5) is 22.3. The number of urea groups is 1. The van der Waals surface area contributed by atoms with Gasteiger partial charge in [-0.3, -0.25) is 0 Å². The van der Waals surface area contributed by atoms with E-state index in [-0.39, 0.29) is 11.1 Å². The van der Waals surface area contributed by atoms with Crippen molar-refractivity contribution >= 4 is 34.7 Å². The SMILES string of the molecule is CO[C@@H](C)c1c(NC(=O)Nc2cnc(-n3nccn3)c(Cl)c2)cnc2ccnn12. The molecule has 0 saturated carbocycles. The highest BCUT2D eigenvalue weighted by atomic mass is 35.5. The second kappa shape index (κ2) is 7.81. The van der Waals surface area contributed by atoms with Gasteiger partial charge in [0.15, 0.2) is 11.5 Å². The Hall–Kier alpha value is -3.57. The number of aromatic nitrogens is 7. The Morgan fingerprint density at radius 1 is 1.14 bits per heavy atom. The summed E-state index contributed by atoms with van der Waals surface area (Å²) in [7, 11) is 1.58. The normalized spacial score (nSPS) is 12.1. The molecule has 1 atom stereocenters. The number of anilines is 2. The lowest BCUT2D eigenvalue weighted by atomic mass is 10.2. The first-order valence-electron chi connectivity index (χ1n) is 8.52. The standard InChI is InChI=1S/C17H16ClN9O2/c1-10(29-2)15-13(9-19-14-3-4-21-26(14)15)25-17(28)24-11-7-12(18)16(20-8-11)27-22-5-6-23-27/h3-10H,1-2H3,(H2,24,25,28)/t10-/m0/s1. The van der Waals surface area contributed by atoms with Gasteiger partial charge in [0.2, 0.25) is 0 Å². The van der Waals surface area contributed by atoms with Crippen molar-refractivity contribution in [3.05, 3.63) is 53.8 Å². The molecule has 0 aliphatic carbocycles. The van der Waals surface area contributed by atoms with Gasteiger partial charge in [0, 0.05) is 13.2 Å². The smallest absolute Gasteiger partial charge is 0.323 e. The molecular weight excluding hydrogens is 398 g/mol. The van der Waals surface area contributed by atoms with Crippen LogP contribution in [-0.4, -0.2) is 47.7 Å². The maximum Gasteiger partial charge on any atom is 0.323 e. The van der Waals surface area contributed by atoms with Gasteiger partial charge in [-0.15, -0.1) is 4.80 Å². The van der Waals surface area contributed by atoms with Gasteiger partial charge in [0.05, 0.1) is 59.2 Å². The Morgan fingerprint density at radius 3 is 2.66 bits per heavy atom. The summed E-state index contributed by atoms with van der Waals surface area (Å²) in [6.45, 7) is 1.85. The molecule has 2 amide bonds. The minimum absolute atomic E-state index is 0.285. The zero-order valence-corrected chi connectivity index (χ0v) is 16.2. The zero-order chi connectivity index (χ0) is 20.4. The molecule has 4 aromatic heterocycles. The van der Waals surface area contributed by atoms with Crippen LogP contribution < -0.4 is 10.6 Å². The minimum atomic E-state index is -0.495. The second-order valence-electron chi connectivity index (χ2n) is 5.96. The molecule has 0 unspecified atom stereocenters. The molecule has 4 aromatic rings. The van der Waals surface area contributed by atoms with Gasteiger partial charge in [-0.05, 0) is 13.0 Å². The van der Waals surface area contributed by atoms with Gasteiger partial charge >= 0.3 is 6.03 Å². The van der Waals surface area contributed by atoms with Crippen LogP contribution in [0, 0.1) is 0 Å². The average molecular weight is 414 g/mol. The number of hydrogen-bond donors (Lipinski definition) is 2. The Kier molecular flexibility index (Phi) is 5.06. The number of hydrogen-bond acceptors (Lipinski definition) is 7. The van der Waals surface area contributed by atoms with E-state index in [0.29, 0.717) is 28.5 Å². The van der Waals surface area contributed by atoms with Gasteiger partial charge in [-0.25, -0.2) is 19.3 Å². The van der Waals surface area contributed by atoms with E-state index in [2.05, 4.69) is 35.9 Å². The predicted molar refractivity (Wildman–Crippen MR) is 105 cm³/mol. The quantitative estimate of drug-likeness (QED) is 0.515. The molecule has 4 rings (SSSR count). The number of pyridine rings is 1. The highest BCUT2D eigenvalue weighted by molar-refractivity contribution is 6.32. The molecule has 29 heavy (non-hydrogen) atoms. The van der Waals surface area contributed by atoms with E-state index in [4.69, 9.17) is 16.3 Å². The number of nitrogens with one attached hydrogen (secondary N) is 2. The summed E-state index contributed by atoms with van der Waals surface area (Å²) < 4.78 is 7.04. The number of nitrogens with zero attached hydrogens (tertiary/aromatic N) is 7. The van der Waals surface area contributed by atoms with Crippen LogP contribution >= 0.6 is 11.6 Å². The van der Waals surface area contributed by atoms with Crippen molar-refractivity contribution in [2.75, 3.05) is 17.7 Å². The monoisotopic (exact) mass is 413 g/mol. The van der Waals surface area contributed by atoms with Crippen molar-refractivity contribution in [3.8, 4) is 5.82 Å². The summed E-state index contributed by atoms with van der Waals surface area (Å²) in [5.74, 6) is 0.354. The molecule has 0 saturated heterocycles. The molecule has 0 bridgehead atoms. The molecule has 4 heterocycles. The largest absolute Gasteiger partial charge is 0.375 e. The zero-order valence-electron chi connectivity index (χ0n) is 15.4. The lowest BCUT2D eigenvalue weighted by molar-refractivity contribution is 0.114. The van der Waals surface area contributed by atoms with Crippen LogP contribution in [0.3, 0.4) is 0 Å². The van der Waals surface area contributed by atoms with E-state index in [9.17, 15) is 4.79 Å². The summed E-state index contributed by atoms with van der Waals surface area (Å²) in [6, 6.07) is 2.82. The van der Waals surface area contributed by atoms with Crippen LogP contribution in [-0.2, 0) is 4.74 Å². The minimum Gasteiger partial charge on any atom is -0.375 e. The van der Waals surface area contributed by atoms with Crippen LogP contribution in [0.4, 0.5) is 16.2 Å². The molecule has 0 aliphatic rings. The maximum atomic E-state index is 12.5.